The molecule has 0 N–H and O–H groups in total. The van der Waals surface area contributed by atoms with E-state index in [0.717, 1.165) is 41.7 Å². The molecule has 192 valence electrons. The highest BCUT2D eigenvalue weighted by molar-refractivity contribution is 5.99. The lowest BCUT2D eigenvalue weighted by Gasteiger charge is -2.39. The van der Waals surface area contributed by atoms with Crippen molar-refractivity contribution in [3.8, 4) is 5.69 Å². The summed E-state index contributed by atoms with van der Waals surface area (Å²) in [6.45, 7) is 1.62. The summed E-state index contributed by atoms with van der Waals surface area (Å²) < 4.78 is 33.4. The van der Waals surface area contributed by atoms with Crippen LogP contribution < -0.4 is 4.90 Å². The van der Waals surface area contributed by atoms with Gasteiger partial charge in [-0.3, -0.25) is 0 Å². The number of para-hydroxylation sites is 1. The van der Waals surface area contributed by atoms with Crippen molar-refractivity contribution in [3.63, 3.8) is 0 Å². The maximum Gasteiger partial charge on any atom is 0.356 e. The summed E-state index contributed by atoms with van der Waals surface area (Å²) in [6, 6.07) is 11.5. The molecule has 1 aliphatic carbocycles. The molecule has 3 aromatic rings. The molecule has 1 saturated carbocycles. The molecule has 9 heteroatoms. The first-order valence-electron chi connectivity index (χ1n) is 12.6. The summed E-state index contributed by atoms with van der Waals surface area (Å²) in [7, 11) is 2.94. The smallest absolute Gasteiger partial charge is 0.356 e. The summed E-state index contributed by atoms with van der Waals surface area (Å²) >= 11 is 0. The molecule has 1 unspecified atom stereocenters. The molecule has 36 heavy (non-hydrogen) atoms. The number of fused-ring (bicyclic) bond motifs is 1. The molecular weight excluding hydrogens is 463 g/mol. The van der Waals surface area contributed by atoms with E-state index in [-0.39, 0.29) is 18.8 Å². The van der Waals surface area contributed by atoms with Crippen molar-refractivity contribution in [3.05, 3.63) is 47.8 Å². The summed E-state index contributed by atoms with van der Waals surface area (Å²) in [5, 5.41) is 5.90. The van der Waals surface area contributed by atoms with Gasteiger partial charge in [0.2, 0.25) is 0 Å². The van der Waals surface area contributed by atoms with E-state index in [1.165, 1.54) is 7.11 Å². The van der Waals surface area contributed by atoms with Crippen LogP contribution in [0, 0.1) is 0 Å². The normalized spacial score (nSPS) is 20.5. The maximum absolute atomic E-state index is 15.9. The van der Waals surface area contributed by atoms with Gasteiger partial charge in [0.15, 0.2) is 17.0 Å². The quantitative estimate of drug-likeness (QED) is 0.320. The molecule has 1 atom stereocenters. The van der Waals surface area contributed by atoms with Crippen molar-refractivity contribution in [2.24, 2.45) is 0 Å². The largest absolute Gasteiger partial charge is 0.464 e. The van der Waals surface area contributed by atoms with Gasteiger partial charge < -0.3 is 19.1 Å². The van der Waals surface area contributed by atoms with Gasteiger partial charge in [0, 0.05) is 19.6 Å². The number of rotatable bonds is 9. The Bertz CT molecular complexity index is 1210. The number of piperidine rings is 1. The Morgan fingerprint density at radius 1 is 1.17 bits per heavy atom. The Kier molecular flexibility index (Phi) is 7.20. The maximum atomic E-state index is 15.9. The predicted octanol–water partition coefficient (Wildman–Crippen LogP) is 4.45. The second kappa shape index (κ2) is 10.5. The van der Waals surface area contributed by atoms with Crippen molar-refractivity contribution >= 4 is 22.7 Å². The van der Waals surface area contributed by atoms with Crippen molar-refractivity contribution < 1.29 is 23.4 Å². The highest BCUT2D eigenvalue weighted by Crippen LogP contribution is 2.43. The van der Waals surface area contributed by atoms with E-state index >= 15 is 4.39 Å². The molecule has 0 radical (unpaired) electrons. The van der Waals surface area contributed by atoms with Crippen molar-refractivity contribution in [1.82, 2.24) is 14.8 Å². The Morgan fingerprint density at radius 2 is 1.97 bits per heavy atom. The van der Waals surface area contributed by atoms with Gasteiger partial charge in [-0.25, -0.2) is 18.9 Å². The predicted molar refractivity (Wildman–Crippen MR) is 135 cm³/mol. The molecule has 5 rings (SSSR count). The van der Waals surface area contributed by atoms with Gasteiger partial charge in [0.05, 0.1) is 55.9 Å². The number of aromatic nitrogens is 3. The molecular formula is C27H33FN4O4. The number of pyridine rings is 1. The lowest BCUT2D eigenvalue weighted by molar-refractivity contribution is -0.0109. The second-order valence-electron chi connectivity index (χ2n) is 9.70. The molecule has 0 bridgehead atoms. The van der Waals surface area contributed by atoms with Crippen LogP contribution in [0.1, 0.15) is 54.2 Å². The highest BCUT2D eigenvalue weighted by atomic mass is 19.1. The number of hydrogen-bond donors (Lipinski definition) is 0. The molecule has 0 amide bonds. The Hall–Kier alpha value is -3.04. The van der Waals surface area contributed by atoms with Crippen LogP contribution in [0.3, 0.4) is 0 Å². The highest BCUT2D eigenvalue weighted by Gasteiger charge is 2.38. The lowest BCUT2D eigenvalue weighted by Crippen LogP contribution is -2.48. The van der Waals surface area contributed by atoms with E-state index in [0.29, 0.717) is 44.2 Å². The fraction of sp³-hybridized carbons (Fsp3) is 0.519. The van der Waals surface area contributed by atoms with Crippen LogP contribution in [0.4, 0.5) is 10.1 Å². The third-order valence-electron chi connectivity index (χ3n) is 7.19. The van der Waals surface area contributed by atoms with Crippen LogP contribution in [0.15, 0.2) is 36.4 Å². The minimum atomic E-state index is -1.50. The van der Waals surface area contributed by atoms with Gasteiger partial charge >= 0.3 is 5.97 Å². The standard InChI is InChI=1S/C27H33FN4O4/c1-34-14-15-36-18-27(28)12-7-13-31(17-27)22-16-21(26(33)35-2)29-25-23(22)24(19-8-6-9-19)30-32(25)20-10-4-3-5-11-20/h3-5,10-11,16,19H,6-9,12-15,17-18H2,1-2H3. The summed E-state index contributed by atoms with van der Waals surface area (Å²) in [5.74, 6) is -0.213. The van der Waals surface area contributed by atoms with E-state index in [4.69, 9.17) is 24.3 Å². The van der Waals surface area contributed by atoms with Crippen LogP contribution in [0.2, 0.25) is 0 Å². The molecule has 1 aliphatic heterocycles. The van der Waals surface area contributed by atoms with E-state index in [1.54, 1.807) is 17.9 Å². The number of carbonyl (C=O) groups excluding carboxylic acids is 1. The summed E-state index contributed by atoms with van der Waals surface area (Å²) in [4.78, 5) is 19.4. The van der Waals surface area contributed by atoms with Gasteiger partial charge in [-0.1, -0.05) is 24.6 Å². The van der Waals surface area contributed by atoms with Gasteiger partial charge in [-0.2, -0.15) is 5.10 Å². The average molecular weight is 497 g/mol. The lowest BCUT2D eigenvalue weighted by atomic mass is 9.81. The first-order chi connectivity index (χ1) is 17.5. The van der Waals surface area contributed by atoms with Gasteiger partial charge in [-0.05, 0) is 43.9 Å². The number of methoxy groups -OCH3 is 2. The van der Waals surface area contributed by atoms with Crippen LogP contribution >= 0.6 is 0 Å². The van der Waals surface area contributed by atoms with E-state index in [2.05, 4.69) is 0 Å². The number of anilines is 1. The van der Waals surface area contributed by atoms with Crippen molar-refractivity contribution in [1.29, 1.82) is 0 Å². The zero-order valence-electron chi connectivity index (χ0n) is 20.9. The molecule has 3 heterocycles. The fourth-order valence-corrected chi connectivity index (χ4v) is 5.11. The van der Waals surface area contributed by atoms with Crippen molar-refractivity contribution in [2.75, 3.05) is 52.0 Å². The number of hydrogen-bond acceptors (Lipinski definition) is 7. The number of halogens is 1. The zero-order chi connectivity index (χ0) is 25.1. The zero-order valence-corrected chi connectivity index (χ0v) is 20.9. The van der Waals surface area contributed by atoms with Crippen LogP contribution in [0.25, 0.3) is 16.7 Å². The third-order valence-corrected chi connectivity index (χ3v) is 7.19. The molecule has 1 aromatic carbocycles. The summed E-state index contributed by atoms with van der Waals surface area (Å²) in [5.41, 5.74) is 1.88. The Balaban J connectivity index is 1.61. The van der Waals surface area contributed by atoms with Crippen LogP contribution in [0.5, 0.6) is 0 Å². The van der Waals surface area contributed by atoms with E-state index in [1.807, 2.05) is 35.2 Å². The fourth-order valence-electron chi connectivity index (χ4n) is 5.11. The third kappa shape index (κ3) is 4.82. The number of ether oxygens (including phenoxy) is 3. The monoisotopic (exact) mass is 496 g/mol. The molecule has 2 aliphatic rings. The van der Waals surface area contributed by atoms with Gasteiger partial charge in [-0.15, -0.1) is 0 Å². The van der Waals surface area contributed by atoms with Crippen LogP contribution in [-0.4, -0.2) is 73.5 Å². The summed E-state index contributed by atoms with van der Waals surface area (Å²) in [6.07, 6.45) is 4.36. The minimum absolute atomic E-state index is 0.00368. The van der Waals surface area contributed by atoms with E-state index < -0.39 is 11.6 Å². The first-order valence-corrected chi connectivity index (χ1v) is 12.6. The molecule has 8 nitrogen and oxygen atoms in total. The van der Waals surface area contributed by atoms with Gasteiger partial charge in [0.1, 0.15) is 0 Å². The number of esters is 1. The number of benzene rings is 1. The molecule has 0 spiro atoms. The number of carbonyl (C=O) groups is 1. The molecule has 1 saturated heterocycles. The number of nitrogens with zero attached hydrogens (tertiary/aromatic N) is 4. The average Bonchev–Trinajstić information content (AvgIpc) is 3.24. The number of alkyl halides is 1. The van der Waals surface area contributed by atoms with Gasteiger partial charge in [0.25, 0.3) is 0 Å². The topological polar surface area (TPSA) is 78.7 Å². The molecule has 2 aromatic heterocycles. The van der Waals surface area contributed by atoms with E-state index in [9.17, 15) is 4.79 Å². The van der Waals surface area contributed by atoms with Crippen molar-refractivity contribution in [2.45, 2.75) is 43.7 Å². The second-order valence-corrected chi connectivity index (χ2v) is 9.70. The Labute approximate surface area is 210 Å². The minimum Gasteiger partial charge on any atom is -0.464 e. The first kappa shape index (κ1) is 24.6. The SMILES string of the molecule is COCCOCC1(F)CCCN(c2cc(C(=O)OC)nc3c2c(C2CCC2)nn3-c2ccccc2)C1. The van der Waals surface area contributed by atoms with Crippen LogP contribution in [-0.2, 0) is 14.2 Å². The molecule has 2 fully saturated rings. The Morgan fingerprint density at radius 3 is 2.67 bits per heavy atom.